The van der Waals surface area contributed by atoms with Gasteiger partial charge in [0.15, 0.2) is 0 Å². The van der Waals surface area contributed by atoms with E-state index in [9.17, 15) is 4.79 Å². The van der Waals surface area contributed by atoms with Crippen LogP contribution >= 0.6 is 0 Å². The van der Waals surface area contributed by atoms with Gasteiger partial charge in [-0.25, -0.2) is 0 Å². The molecule has 3 rings (SSSR count). The molecule has 0 aliphatic rings. The number of aryl methyl sites for hydroxylation is 1. The molecule has 1 heterocycles. The largest absolute Gasteiger partial charge is 0.350 e. The van der Waals surface area contributed by atoms with Crippen molar-refractivity contribution in [3.8, 4) is 0 Å². The zero-order chi connectivity index (χ0) is 14.7. The number of carbonyl (C=O) groups is 1. The predicted molar refractivity (Wildman–Crippen MR) is 82.8 cm³/mol. The normalized spacial score (nSPS) is 10.7. The van der Waals surface area contributed by atoms with Crippen LogP contribution in [0.3, 0.4) is 0 Å². The molecule has 4 heteroatoms. The van der Waals surface area contributed by atoms with Crippen molar-refractivity contribution >= 4 is 16.8 Å². The average molecular weight is 279 g/mol. The first-order valence-corrected chi connectivity index (χ1v) is 6.95. The van der Waals surface area contributed by atoms with Gasteiger partial charge in [0.05, 0.1) is 11.7 Å². The molecule has 0 spiro atoms. The van der Waals surface area contributed by atoms with Crippen LogP contribution in [0.4, 0.5) is 0 Å². The van der Waals surface area contributed by atoms with Crippen LogP contribution < -0.4 is 5.32 Å². The number of para-hydroxylation sites is 1. The summed E-state index contributed by atoms with van der Waals surface area (Å²) in [4.78, 5) is 12.0. The topological polar surface area (TPSA) is 46.9 Å². The molecular formula is C17H17N3O. The Morgan fingerprint density at radius 3 is 2.71 bits per heavy atom. The van der Waals surface area contributed by atoms with E-state index in [1.54, 1.807) is 10.9 Å². The molecule has 0 unspecified atom stereocenters. The summed E-state index contributed by atoms with van der Waals surface area (Å²) in [6, 6.07) is 16.0. The molecule has 1 N–H and O–H groups in total. The van der Waals surface area contributed by atoms with Gasteiger partial charge >= 0.3 is 0 Å². The van der Waals surface area contributed by atoms with Crippen LogP contribution in [0.5, 0.6) is 0 Å². The van der Waals surface area contributed by atoms with Gasteiger partial charge < -0.3 is 5.32 Å². The monoisotopic (exact) mass is 279 g/mol. The number of carbonyl (C=O) groups excluding carboxylic acids is 1. The second-order valence-corrected chi connectivity index (χ2v) is 5.12. The minimum absolute atomic E-state index is 0.0376. The second-order valence-electron chi connectivity index (χ2n) is 5.12. The summed E-state index contributed by atoms with van der Waals surface area (Å²) in [6.07, 6.45) is 1.78. The number of amides is 1. The van der Waals surface area contributed by atoms with Gasteiger partial charge in [-0.1, -0.05) is 48.0 Å². The Morgan fingerprint density at radius 1 is 1.14 bits per heavy atom. The van der Waals surface area contributed by atoms with Gasteiger partial charge in [-0.05, 0) is 18.6 Å². The standard InChI is InChI=1S/C17H17N3O/c1-13-6-8-14(9-7-13)10-18-17(21)12-20-16-5-3-2-4-15(16)11-19-20/h2-9,11H,10,12H2,1H3,(H,18,21). The van der Waals surface area contributed by atoms with Crippen LogP contribution in [0.1, 0.15) is 11.1 Å². The Labute approximate surface area is 123 Å². The van der Waals surface area contributed by atoms with Gasteiger partial charge in [0.25, 0.3) is 0 Å². The SMILES string of the molecule is Cc1ccc(CNC(=O)Cn2ncc3ccccc32)cc1. The first-order valence-electron chi connectivity index (χ1n) is 6.95. The Hall–Kier alpha value is -2.62. The van der Waals surface area contributed by atoms with E-state index < -0.39 is 0 Å². The average Bonchev–Trinajstić information content (AvgIpc) is 2.90. The van der Waals surface area contributed by atoms with Crippen molar-refractivity contribution in [1.29, 1.82) is 0 Å². The first-order chi connectivity index (χ1) is 10.2. The third-order valence-electron chi connectivity index (χ3n) is 3.45. The van der Waals surface area contributed by atoms with Gasteiger partial charge in [0.1, 0.15) is 6.54 Å². The maximum absolute atomic E-state index is 12.0. The van der Waals surface area contributed by atoms with Crippen molar-refractivity contribution < 1.29 is 4.79 Å². The lowest BCUT2D eigenvalue weighted by atomic mass is 10.1. The van der Waals surface area contributed by atoms with Crippen molar-refractivity contribution in [3.63, 3.8) is 0 Å². The van der Waals surface area contributed by atoms with Gasteiger partial charge in [-0.15, -0.1) is 0 Å². The second kappa shape index (κ2) is 5.79. The van der Waals surface area contributed by atoms with Crippen LogP contribution in [-0.2, 0) is 17.9 Å². The van der Waals surface area contributed by atoms with Gasteiger partial charge in [0, 0.05) is 11.9 Å². The molecule has 0 atom stereocenters. The first kappa shape index (κ1) is 13.4. The molecule has 21 heavy (non-hydrogen) atoms. The highest BCUT2D eigenvalue weighted by molar-refractivity contribution is 5.81. The summed E-state index contributed by atoms with van der Waals surface area (Å²) >= 11 is 0. The molecule has 1 aromatic heterocycles. The zero-order valence-corrected chi connectivity index (χ0v) is 11.9. The van der Waals surface area contributed by atoms with E-state index in [-0.39, 0.29) is 12.5 Å². The van der Waals surface area contributed by atoms with Crippen LogP contribution in [0.15, 0.2) is 54.7 Å². The van der Waals surface area contributed by atoms with Crippen LogP contribution in [0.25, 0.3) is 10.9 Å². The molecular weight excluding hydrogens is 262 g/mol. The third-order valence-corrected chi connectivity index (χ3v) is 3.45. The molecule has 0 saturated heterocycles. The molecule has 0 aliphatic heterocycles. The Morgan fingerprint density at radius 2 is 1.90 bits per heavy atom. The van der Waals surface area contributed by atoms with E-state index in [4.69, 9.17) is 0 Å². The van der Waals surface area contributed by atoms with E-state index in [0.717, 1.165) is 16.5 Å². The maximum atomic E-state index is 12.0. The fourth-order valence-corrected chi connectivity index (χ4v) is 2.25. The summed E-state index contributed by atoms with van der Waals surface area (Å²) < 4.78 is 1.72. The van der Waals surface area contributed by atoms with E-state index >= 15 is 0 Å². The van der Waals surface area contributed by atoms with E-state index in [0.29, 0.717) is 6.54 Å². The number of fused-ring (bicyclic) bond motifs is 1. The molecule has 0 bridgehead atoms. The number of benzene rings is 2. The smallest absolute Gasteiger partial charge is 0.242 e. The Bertz CT molecular complexity index is 759. The highest BCUT2D eigenvalue weighted by atomic mass is 16.2. The highest BCUT2D eigenvalue weighted by Crippen LogP contribution is 2.12. The van der Waals surface area contributed by atoms with Crippen molar-refractivity contribution in [3.05, 3.63) is 65.9 Å². The molecule has 4 nitrogen and oxygen atoms in total. The zero-order valence-electron chi connectivity index (χ0n) is 11.9. The van der Waals surface area contributed by atoms with E-state index in [2.05, 4.69) is 10.4 Å². The fraction of sp³-hybridized carbons (Fsp3) is 0.176. The van der Waals surface area contributed by atoms with Crippen LogP contribution in [0.2, 0.25) is 0 Å². The number of nitrogens with zero attached hydrogens (tertiary/aromatic N) is 2. The van der Waals surface area contributed by atoms with Crippen molar-refractivity contribution in [2.45, 2.75) is 20.0 Å². The summed E-state index contributed by atoms with van der Waals surface area (Å²) in [5.41, 5.74) is 3.29. The van der Waals surface area contributed by atoms with Crippen LogP contribution in [-0.4, -0.2) is 15.7 Å². The molecule has 1 amide bonds. The van der Waals surface area contributed by atoms with Gasteiger partial charge in [-0.2, -0.15) is 5.10 Å². The van der Waals surface area contributed by atoms with Crippen molar-refractivity contribution in [1.82, 2.24) is 15.1 Å². The summed E-state index contributed by atoms with van der Waals surface area (Å²) in [6.45, 7) is 2.82. The molecule has 106 valence electrons. The number of rotatable bonds is 4. The molecule has 0 radical (unpaired) electrons. The quantitative estimate of drug-likeness (QED) is 0.798. The lowest BCUT2D eigenvalue weighted by molar-refractivity contribution is -0.121. The lowest BCUT2D eigenvalue weighted by Crippen LogP contribution is -2.27. The lowest BCUT2D eigenvalue weighted by Gasteiger charge is -2.07. The summed E-state index contributed by atoms with van der Waals surface area (Å²) in [5, 5.41) is 8.22. The minimum atomic E-state index is -0.0376. The highest BCUT2D eigenvalue weighted by Gasteiger charge is 2.06. The molecule has 3 aromatic rings. The van der Waals surface area contributed by atoms with Gasteiger partial charge in [0.2, 0.25) is 5.91 Å². The molecule has 2 aromatic carbocycles. The number of hydrogen-bond donors (Lipinski definition) is 1. The molecule has 0 fully saturated rings. The molecule has 0 saturated carbocycles. The minimum Gasteiger partial charge on any atom is -0.350 e. The summed E-state index contributed by atoms with van der Waals surface area (Å²) in [7, 11) is 0. The molecule has 0 aliphatic carbocycles. The van der Waals surface area contributed by atoms with Gasteiger partial charge in [-0.3, -0.25) is 9.48 Å². The van der Waals surface area contributed by atoms with E-state index in [1.165, 1.54) is 5.56 Å². The Kier molecular flexibility index (Phi) is 3.69. The Balaban J connectivity index is 1.62. The third kappa shape index (κ3) is 3.11. The number of nitrogens with one attached hydrogen (secondary N) is 1. The van der Waals surface area contributed by atoms with Crippen molar-refractivity contribution in [2.24, 2.45) is 0 Å². The number of hydrogen-bond acceptors (Lipinski definition) is 2. The van der Waals surface area contributed by atoms with Crippen LogP contribution in [0, 0.1) is 6.92 Å². The summed E-state index contributed by atoms with van der Waals surface area (Å²) in [5.74, 6) is -0.0376. The fourth-order valence-electron chi connectivity index (χ4n) is 2.25. The predicted octanol–water partition coefficient (Wildman–Crippen LogP) is 2.66. The van der Waals surface area contributed by atoms with E-state index in [1.807, 2.05) is 55.5 Å². The van der Waals surface area contributed by atoms with Crippen molar-refractivity contribution in [2.75, 3.05) is 0 Å². The number of aromatic nitrogens is 2. The maximum Gasteiger partial charge on any atom is 0.242 e.